The molecule has 2 heterocycles. The molecule has 3 rings (SSSR count). The van der Waals surface area contributed by atoms with Gasteiger partial charge in [0.05, 0.1) is 19.3 Å². The molecule has 1 aromatic carbocycles. The fraction of sp³-hybridized carbons (Fsp3) is 0.353. The highest BCUT2D eigenvalue weighted by atomic mass is 16.5. The smallest absolute Gasteiger partial charge is 0.268 e. The van der Waals surface area contributed by atoms with E-state index in [0.29, 0.717) is 25.5 Å². The Labute approximate surface area is 129 Å². The van der Waals surface area contributed by atoms with Crippen LogP contribution in [0.5, 0.6) is 0 Å². The largest absolute Gasteiger partial charge is 0.376 e. The van der Waals surface area contributed by atoms with E-state index in [1.54, 1.807) is 6.07 Å². The molecule has 2 aromatic rings. The molecule has 22 heavy (non-hydrogen) atoms. The molecule has 0 spiro atoms. The minimum Gasteiger partial charge on any atom is -0.376 e. The Balaban J connectivity index is 1.67. The molecule has 5 heteroatoms. The Morgan fingerprint density at radius 2 is 2.09 bits per heavy atom. The van der Waals surface area contributed by atoms with E-state index in [1.807, 2.05) is 43.3 Å². The van der Waals surface area contributed by atoms with Crippen molar-refractivity contribution in [3.63, 3.8) is 0 Å². The summed E-state index contributed by atoms with van der Waals surface area (Å²) in [6, 6.07) is 13.5. The first-order valence-corrected chi connectivity index (χ1v) is 7.52. The number of aromatic amines is 1. The van der Waals surface area contributed by atoms with Gasteiger partial charge in [-0.3, -0.25) is 4.79 Å². The van der Waals surface area contributed by atoms with Crippen molar-refractivity contribution in [1.82, 2.24) is 10.3 Å². The third-order valence-corrected chi connectivity index (χ3v) is 3.74. The zero-order valence-corrected chi connectivity index (χ0v) is 12.5. The maximum Gasteiger partial charge on any atom is 0.268 e. The second kappa shape index (κ2) is 6.77. The Morgan fingerprint density at radius 1 is 1.27 bits per heavy atom. The van der Waals surface area contributed by atoms with Crippen molar-refractivity contribution in [1.29, 1.82) is 0 Å². The van der Waals surface area contributed by atoms with E-state index in [2.05, 4.69) is 10.3 Å². The molecule has 0 unspecified atom stereocenters. The molecule has 1 amide bonds. The number of hydrogen-bond donors (Lipinski definition) is 2. The van der Waals surface area contributed by atoms with Gasteiger partial charge in [0, 0.05) is 12.3 Å². The maximum absolute atomic E-state index is 12.3. The van der Waals surface area contributed by atoms with Crippen molar-refractivity contribution in [3.8, 4) is 11.3 Å². The lowest BCUT2D eigenvalue weighted by atomic mass is 10.2. The van der Waals surface area contributed by atoms with Crippen molar-refractivity contribution in [3.05, 3.63) is 48.2 Å². The molecule has 2 N–H and O–H groups in total. The van der Waals surface area contributed by atoms with E-state index in [4.69, 9.17) is 9.47 Å². The molecule has 0 saturated carbocycles. The van der Waals surface area contributed by atoms with Gasteiger partial charge in [-0.15, -0.1) is 0 Å². The van der Waals surface area contributed by atoms with Crippen LogP contribution in [0.25, 0.3) is 11.3 Å². The number of hydrogen-bond acceptors (Lipinski definition) is 3. The van der Waals surface area contributed by atoms with Gasteiger partial charge in [-0.1, -0.05) is 30.3 Å². The lowest BCUT2D eigenvalue weighted by Gasteiger charge is -2.18. The summed E-state index contributed by atoms with van der Waals surface area (Å²) in [6.45, 7) is 3.57. The lowest BCUT2D eigenvalue weighted by Crippen LogP contribution is -2.43. The first-order valence-electron chi connectivity index (χ1n) is 7.52. The summed E-state index contributed by atoms with van der Waals surface area (Å²) < 4.78 is 11.0. The molecular weight excluding hydrogens is 280 g/mol. The highest BCUT2D eigenvalue weighted by Crippen LogP contribution is 2.18. The van der Waals surface area contributed by atoms with Crippen molar-refractivity contribution in [2.24, 2.45) is 0 Å². The fourth-order valence-electron chi connectivity index (χ4n) is 2.61. The van der Waals surface area contributed by atoms with Gasteiger partial charge in [-0.05, 0) is 24.6 Å². The number of nitrogens with one attached hydrogen (secondary N) is 2. The molecule has 1 aromatic heterocycles. The van der Waals surface area contributed by atoms with Crippen molar-refractivity contribution >= 4 is 5.91 Å². The molecule has 1 aliphatic heterocycles. The topological polar surface area (TPSA) is 63.4 Å². The highest BCUT2D eigenvalue weighted by Gasteiger charge is 2.30. The maximum atomic E-state index is 12.3. The van der Waals surface area contributed by atoms with Gasteiger partial charge in [-0.2, -0.15) is 0 Å². The number of carbonyl (C=O) groups is 1. The monoisotopic (exact) mass is 300 g/mol. The van der Waals surface area contributed by atoms with Crippen molar-refractivity contribution in [2.45, 2.75) is 19.1 Å². The molecule has 1 saturated heterocycles. The number of rotatable bonds is 5. The van der Waals surface area contributed by atoms with Crippen molar-refractivity contribution in [2.75, 3.05) is 19.8 Å². The molecule has 116 valence electrons. The predicted octanol–water partition coefficient (Wildman–Crippen LogP) is 2.22. The summed E-state index contributed by atoms with van der Waals surface area (Å²) in [5.74, 6) is -0.137. The summed E-state index contributed by atoms with van der Waals surface area (Å²) >= 11 is 0. The molecule has 0 radical (unpaired) electrons. The minimum atomic E-state index is -0.137. The van der Waals surface area contributed by atoms with Gasteiger partial charge in [0.15, 0.2) is 0 Å². The molecule has 2 atom stereocenters. The number of H-pyrrole nitrogens is 1. The summed E-state index contributed by atoms with van der Waals surface area (Å²) in [5.41, 5.74) is 2.52. The minimum absolute atomic E-state index is 0.0718. The van der Waals surface area contributed by atoms with Crippen LogP contribution in [0.2, 0.25) is 0 Å². The van der Waals surface area contributed by atoms with Crippen LogP contribution in [0.4, 0.5) is 0 Å². The number of carbonyl (C=O) groups excluding carboxylic acids is 1. The van der Waals surface area contributed by atoms with Gasteiger partial charge in [-0.25, -0.2) is 0 Å². The molecule has 0 bridgehead atoms. The lowest BCUT2D eigenvalue weighted by molar-refractivity contribution is 0.0402. The molecule has 0 aliphatic carbocycles. The number of aromatic nitrogens is 1. The van der Waals surface area contributed by atoms with Gasteiger partial charge in [0.1, 0.15) is 11.8 Å². The Morgan fingerprint density at radius 3 is 2.86 bits per heavy atom. The zero-order valence-electron chi connectivity index (χ0n) is 12.5. The first-order chi connectivity index (χ1) is 10.8. The van der Waals surface area contributed by atoms with Crippen LogP contribution in [-0.4, -0.2) is 42.9 Å². The van der Waals surface area contributed by atoms with Crippen molar-refractivity contribution < 1.29 is 14.3 Å². The summed E-state index contributed by atoms with van der Waals surface area (Å²) in [6.07, 6.45) is -0.0718. The third kappa shape index (κ3) is 3.21. The van der Waals surface area contributed by atoms with Crippen LogP contribution >= 0.6 is 0 Å². The third-order valence-electron chi connectivity index (χ3n) is 3.74. The molecule has 1 aliphatic rings. The normalized spacial score (nSPS) is 21.0. The van der Waals surface area contributed by atoms with Crippen LogP contribution in [0, 0.1) is 0 Å². The van der Waals surface area contributed by atoms with E-state index in [9.17, 15) is 4.79 Å². The highest BCUT2D eigenvalue weighted by molar-refractivity contribution is 5.93. The van der Waals surface area contributed by atoms with E-state index in [-0.39, 0.29) is 18.1 Å². The average Bonchev–Trinajstić information content (AvgIpc) is 3.19. The van der Waals surface area contributed by atoms with E-state index >= 15 is 0 Å². The van der Waals surface area contributed by atoms with E-state index in [1.165, 1.54) is 0 Å². The van der Waals surface area contributed by atoms with Gasteiger partial charge < -0.3 is 19.8 Å². The SMILES string of the molecule is CCO[C@H]1COC[C@@H]1NC(=O)c1ccc(-c2ccccc2)[nH]1. The second-order valence-corrected chi connectivity index (χ2v) is 5.26. The van der Waals surface area contributed by atoms with Crippen LogP contribution < -0.4 is 5.32 Å². The van der Waals surface area contributed by atoms with Gasteiger partial charge in [0.2, 0.25) is 0 Å². The summed E-state index contributed by atoms with van der Waals surface area (Å²) in [5, 5.41) is 2.97. The number of benzene rings is 1. The zero-order chi connectivity index (χ0) is 15.4. The van der Waals surface area contributed by atoms with E-state index in [0.717, 1.165) is 11.3 Å². The van der Waals surface area contributed by atoms with Crippen LogP contribution in [0.1, 0.15) is 17.4 Å². The second-order valence-electron chi connectivity index (χ2n) is 5.26. The number of amides is 1. The predicted molar refractivity (Wildman–Crippen MR) is 83.7 cm³/mol. The van der Waals surface area contributed by atoms with Gasteiger partial charge >= 0.3 is 0 Å². The van der Waals surface area contributed by atoms with Crippen LogP contribution in [-0.2, 0) is 9.47 Å². The van der Waals surface area contributed by atoms with Crippen LogP contribution in [0.15, 0.2) is 42.5 Å². The van der Waals surface area contributed by atoms with Crippen LogP contribution in [0.3, 0.4) is 0 Å². The first kappa shape index (κ1) is 14.8. The summed E-state index contributed by atoms with van der Waals surface area (Å²) in [7, 11) is 0. The fourth-order valence-corrected chi connectivity index (χ4v) is 2.61. The average molecular weight is 300 g/mol. The van der Waals surface area contributed by atoms with Gasteiger partial charge in [0.25, 0.3) is 5.91 Å². The molecular formula is C17H20N2O3. The number of ether oxygens (including phenoxy) is 2. The standard InChI is InChI=1S/C17H20N2O3/c1-2-22-16-11-21-10-15(16)19-17(20)14-9-8-13(18-14)12-6-4-3-5-7-12/h3-9,15-16,18H,2,10-11H2,1H3,(H,19,20)/t15-,16-/m0/s1. The Hall–Kier alpha value is -2.11. The molecule has 1 fully saturated rings. The Kier molecular flexibility index (Phi) is 4.56. The summed E-state index contributed by atoms with van der Waals surface area (Å²) in [4.78, 5) is 15.5. The van der Waals surface area contributed by atoms with E-state index < -0.39 is 0 Å². The Bertz CT molecular complexity index is 624. The molecule has 5 nitrogen and oxygen atoms in total. The quantitative estimate of drug-likeness (QED) is 0.890.